The standard InChI is InChI=1S/C9H16N2O3S/c1-7(12)11-5-4-8(6-11)10-15(13,14)9-2-3-9/h8-10H,2-6H2,1H3. The van der Waals surface area contributed by atoms with Crippen molar-refractivity contribution in [3.8, 4) is 0 Å². The van der Waals surface area contributed by atoms with Crippen molar-refractivity contribution in [1.82, 2.24) is 9.62 Å². The molecule has 5 nitrogen and oxygen atoms in total. The van der Waals surface area contributed by atoms with Crippen molar-refractivity contribution in [3.05, 3.63) is 0 Å². The van der Waals surface area contributed by atoms with Crippen LogP contribution in [0, 0.1) is 0 Å². The van der Waals surface area contributed by atoms with Gasteiger partial charge in [-0.1, -0.05) is 0 Å². The minimum absolute atomic E-state index is 0.0168. The van der Waals surface area contributed by atoms with Crippen molar-refractivity contribution in [1.29, 1.82) is 0 Å². The third kappa shape index (κ3) is 2.49. The molecule has 0 aromatic rings. The highest BCUT2D eigenvalue weighted by Crippen LogP contribution is 2.28. The highest BCUT2D eigenvalue weighted by Gasteiger charge is 2.38. The van der Waals surface area contributed by atoms with Gasteiger partial charge in [-0.2, -0.15) is 0 Å². The molecule has 1 unspecified atom stereocenters. The van der Waals surface area contributed by atoms with Crippen LogP contribution in [0.2, 0.25) is 0 Å². The fraction of sp³-hybridized carbons (Fsp3) is 0.889. The van der Waals surface area contributed by atoms with Gasteiger partial charge in [0.25, 0.3) is 0 Å². The SMILES string of the molecule is CC(=O)N1CCC(NS(=O)(=O)C2CC2)C1. The van der Waals surface area contributed by atoms with E-state index in [-0.39, 0.29) is 17.2 Å². The van der Waals surface area contributed by atoms with Gasteiger partial charge in [0.15, 0.2) is 0 Å². The zero-order valence-corrected chi connectivity index (χ0v) is 9.59. The quantitative estimate of drug-likeness (QED) is 0.726. The second kappa shape index (κ2) is 3.75. The van der Waals surface area contributed by atoms with Gasteiger partial charge >= 0.3 is 0 Å². The van der Waals surface area contributed by atoms with Crippen LogP contribution in [0.1, 0.15) is 26.2 Å². The largest absolute Gasteiger partial charge is 0.341 e. The number of rotatable bonds is 3. The third-order valence-corrected chi connectivity index (χ3v) is 4.94. The van der Waals surface area contributed by atoms with E-state index in [1.165, 1.54) is 6.92 Å². The number of nitrogens with one attached hydrogen (secondary N) is 1. The summed E-state index contributed by atoms with van der Waals surface area (Å²) < 4.78 is 25.9. The summed E-state index contributed by atoms with van der Waals surface area (Å²) in [7, 11) is -3.11. The lowest BCUT2D eigenvalue weighted by Gasteiger charge is -2.14. The van der Waals surface area contributed by atoms with Gasteiger partial charge in [-0.25, -0.2) is 13.1 Å². The number of carbonyl (C=O) groups is 1. The Morgan fingerprint density at radius 3 is 2.47 bits per heavy atom. The number of sulfonamides is 1. The molecule has 1 saturated carbocycles. The molecule has 1 aliphatic carbocycles. The van der Waals surface area contributed by atoms with Gasteiger partial charge in [0.1, 0.15) is 0 Å². The first-order chi connectivity index (χ1) is 6.99. The lowest BCUT2D eigenvalue weighted by Crippen LogP contribution is -2.39. The molecular formula is C9H16N2O3S. The molecule has 1 saturated heterocycles. The van der Waals surface area contributed by atoms with Crippen molar-refractivity contribution < 1.29 is 13.2 Å². The molecule has 2 rings (SSSR count). The van der Waals surface area contributed by atoms with Crippen LogP contribution in [0.25, 0.3) is 0 Å². The Hall–Kier alpha value is -0.620. The maximum atomic E-state index is 11.6. The van der Waals surface area contributed by atoms with Crippen molar-refractivity contribution >= 4 is 15.9 Å². The molecule has 1 heterocycles. The molecule has 15 heavy (non-hydrogen) atoms. The summed E-state index contributed by atoms with van der Waals surface area (Å²) in [6, 6.07) is -0.0838. The van der Waals surface area contributed by atoms with Crippen molar-refractivity contribution in [2.45, 2.75) is 37.5 Å². The van der Waals surface area contributed by atoms with Crippen molar-refractivity contribution in [2.75, 3.05) is 13.1 Å². The average molecular weight is 232 g/mol. The first-order valence-electron chi connectivity index (χ1n) is 5.26. The molecule has 86 valence electrons. The molecule has 0 radical (unpaired) electrons. The summed E-state index contributed by atoms with van der Waals surface area (Å²) in [6.45, 7) is 2.69. The van der Waals surface area contributed by atoms with Crippen LogP contribution in [0.15, 0.2) is 0 Å². The smallest absolute Gasteiger partial charge is 0.219 e. The number of amides is 1. The van der Waals surface area contributed by atoms with E-state index >= 15 is 0 Å². The Balaban J connectivity index is 1.89. The van der Waals surface area contributed by atoms with Crippen LogP contribution in [0.3, 0.4) is 0 Å². The number of nitrogens with zero attached hydrogens (tertiary/aromatic N) is 1. The first kappa shape index (κ1) is 10.9. The van der Waals surface area contributed by atoms with E-state index in [0.717, 1.165) is 19.3 Å². The Bertz CT molecular complexity index is 362. The van der Waals surface area contributed by atoms with E-state index in [4.69, 9.17) is 0 Å². The second-order valence-corrected chi connectivity index (χ2v) is 6.31. The second-order valence-electron chi connectivity index (χ2n) is 4.31. The molecule has 2 aliphatic rings. The van der Waals surface area contributed by atoms with Gasteiger partial charge in [0, 0.05) is 26.1 Å². The van der Waals surface area contributed by atoms with Crippen LogP contribution in [0.4, 0.5) is 0 Å². The van der Waals surface area contributed by atoms with Gasteiger partial charge in [-0.15, -0.1) is 0 Å². The average Bonchev–Trinajstić information content (AvgIpc) is 2.88. The predicted molar refractivity (Wildman–Crippen MR) is 55.7 cm³/mol. The first-order valence-corrected chi connectivity index (χ1v) is 6.80. The topological polar surface area (TPSA) is 66.5 Å². The number of likely N-dealkylation sites (tertiary alicyclic amines) is 1. The van der Waals surface area contributed by atoms with Crippen LogP contribution in [0.5, 0.6) is 0 Å². The Morgan fingerprint density at radius 1 is 1.33 bits per heavy atom. The van der Waals surface area contributed by atoms with Crippen LogP contribution < -0.4 is 4.72 Å². The maximum Gasteiger partial charge on any atom is 0.219 e. The Kier molecular flexibility index (Phi) is 2.72. The molecule has 6 heteroatoms. The van der Waals surface area contributed by atoms with Gasteiger partial charge < -0.3 is 4.90 Å². The van der Waals surface area contributed by atoms with E-state index in [0.29, 0.717) is 13.1 Å². The summed E-state index contributed by atoms with van der Waals surface area (Å²) >= 11 is 0. The summed E-state index contributed by atoms with van der Waals surface area (Å²) in [5, 5.41) is -0.177. The van der Waals surface area contributed by atoms with Gasteiger partial charge in [0.2, 0.25) is 15.9 Å². The fourth-order valence-corrected chi connectivity index (χ4v) is 3.46. The monoisotopic (exact) mass is 232 g/mol. The van der Waals surface area contributed by atoms with Gasteiger partial charge in [0.05, 0.1) is 5.25 Å². The molecule has 2 fully saturated rings. The van der Waals surface area contributed by atoms with Gasteiger partial charge in [-0.05, 0) is 19.3 Å². The minimum Gasteiger partial charge on any atom is -0.341 e. The molecule has 0 aromatic heterocycles. The highest BCUT2D eigenvalue weighted by molar-refractivity contribution is 7.90. The third-order valence-electron chi connectivity index (χ3n) is 2.93. The molecular weight excluding hydrogens is 216 g/mol. The van der Waals surface area contributed by atoms with Crippen LogP contribution >= 0.6 is 0 Å². The summed E-state index contributed by atoms with van der Waals surface area (Å²) in [6.07, 6.45) is 2.28. The molecule has 0 aromatic carbocycles. The molecule has 1 amide bonds. The van der Waals surface area contributed by atoms with Gasteiger partial charge in [-0.3, -0.25) is 4.79 Å². The molecule has 1 atom stereocenters. The minimum atomic E-state index is -3.11. The zero-order chi connectivity index (χ0) is 11.1. The Labute approximate surface area is 89.9 Å². The highest BCUT2D eigenvalue weighted by atomic mass is 32.2. The summed E-state index contributed by atoms with van der Waals surface area (Å²) in [5.74, 6) is 0.0168. The van der Waals surface area contributed by atoms with Crippen LogP contribution in [-0.2, 0) is 14.8 Å². The predicted octanol–water partition coefficient (Wildman–Crippen LogP) is -0.311. The van der Waals surface area contributed by atoms with Crippen LogP contribution in [-0.4, -0.2) is 43.6 Å². The van der Waals surface area contributed by atoms with E-state index in [2.05, 4.69) is 4.72 Å². The maximum absolute atomic E-state index is 11.6. The fourth-order valence-electron chi connectivity index (χ4n) is 1.85. The van der Waals surface area contributed by atoms with E-state index in [9.17, 15) is 13.2 Å². The van der Waals surface area contributed by atoms with Crippen molar-refractivity contribution in [3.63, 3.8) is 0 Å². The lowest BCUT2D eigenvalue weighted by molar-refractivity contribution is -0.127. The summed E-state index contributed by atoms with van der Waals surface area (Å²) in [5.41, 5.74) is 0. The normalized spacial score (nSPS) is 27.0. The Morgan fingerprint density at radius 2 is 2.00 bits per heavy atom. The van der Waals surface area contributed by atoms with E-state index in [1.807, 2.05) is 0 Å². The van der Waals surface area contributed by atoms with E-state index < -0.39 is 10.0 Å². The molecule has 1 N–H and O–H groups in total. The van der Waals surface area contributed by atoms with Crippen molar-refractivity contribution in [2.24, 2.45) is 0 Å². The molecule has 0 spiro atoms. The number of carbonyl (C=O) groups excluding carboxylic acids is 1. The molecule has 0 bridgehead atoms. The lowest BCUT2D eigenvalue weighted by atomic mass is 10.3. The summed E-state index contributed by atoms with van der Waals surface area (Å²) in [4.78, 5) is 12.7. The number of hydrogen-bond donors (Lipinski definition) is 1. The van der Waals surface area contributed by atoms with E-state index in [1.54, 1.807) is 4.90 Å². The molecule has 1 aliphatic heterocycles. The zero-order valence-electron chi connectivity index (χ0n) is 8.77. The number of hydrogen-bond acceptors (Lipinski definition) is 3.